The summed E-state index contributed by atoms with van der Waals surface area (Å²) in [5.74, 6) is -0.364. The summed E-state index contributed by atoms with van der Waals surface area (Å²) < 4.78 is 14.6. The first-order chi connectivity index (χ1) is 13.3. The molecular weight excluding hydrogens is 389 g/mol. The molecule has 0 atom stereocenters. The van der Waals surface area contributed by atoms with Crippen LogP contribution < -0.4 is 0 Å². The summed E-state index contributed by atoms with van der Waals surface area (Å²) >= 11 is 6.08. The average Bonchev–Trinajstić information content (AvgIpc) is 3.03. The summed E-state index contributed by atoms with van der Waals surface area (Å²) in [6, 6.07) is 4.38. The van der Waals surface area contributed by atoms with Crippen molar-refractivity contribution < 1.29 is 14.1 Å². The van der Waals surface area contributed by atoms with E-state index in [-0.39, 0.29) is 23.8 Å². The van der Waals surface area contributed by atoms with Crippen LogP contribution in [0.2, 0.25) is 5.02 Å². The Morgan fingerprint density at radius 3 is 2.64 bits per heavy atom. The van der Waals surface area contributed by atoms with E-state index in [1.54, 1.807) is 17.9 Å². The molecule has 28 heavy (non-hydrogen) atoms. The van der Waals surface area contributed by atoms with Crippen LogP contribution in [0.25, 0.3) is 0 Å². The minimum absolute atomic E-state index is 0.00438. The number of halogens is 2. The van der Waals surface area contributed by atoms with Crippen molar-refractivity contribution in [3.8, 4) is 0 Å². The van der Waals surface area contributed by atoms with Gasteiger partial charge in [0.15, 0.2) is 0 Å². The Labute approximate surface area is 166 Å². The monoisotopic (exact) mass is 409 g/mol. The summed E-state index contributed by atoms with van der Waals surface area (Å²) in [5.41, 5.74) is 1.16. The Morgan fingerprint density at radius 1 is 1.32 bits per heavy atom. The molecule has 0 N–H and O–H groups in total. The molecule has 10 heteroatoms. The van der Waals surface area contributed by atoms with E-state index in [1.165, 1.54) is 23.0 Å². The number of benzene rings is 1. The number of nitrogens with zero attached hydrogens (tertiary/aromatic N) is 5. The van der Waals surface area contributed by atoms with Gasteiger partial charge in [0.25, 0.3) is 0 Å². The van der Waals surface area contributed by atoms with Crippen molar-refractivity contribution in [2.45, 2.75) is 26.4 Å². The fourth-order valence-corrected chi connectivity index (χ4v) is 3.44. The normalized spacial score (nSPS) is 15.0. The number of nitro groups is 1. The second kappa shape index (κ2) is 8.66. The van der Waals surface area contributed by atoms with Crippen LogP contribution in [0.3, 0.4) is 0 Å². The lowest BCUT2D eigenvalue weighted by atomic mass is 10.2. The zero-order valence-corrected chi connectivity index (χ0v) is 16.2. The maximum Gasteiger partial charge on any atom is 0.309 e. The van der Waals surface area contributed by atoms with E-state index in [4.69, 9.17) is 11.6 Å². The molecule has 2 aromatic rings. The van der Waals surface area contributed by atoms with Crippen LogP contribution in [0.5, 0.6) is 0 Å². The highest BCUT2D eigenvalue weighted by atomic mass is 35.5. The van der Waals surface area contributed by atoms with Gasteiger partial charge in [-0.25, -0.2) is 4.39 Å². The van der Waals surface area contributed by atoms with Crippen LogP contribution in [0, 0.1) is 22.9 Å². The van der Waals surface area contributed by atoms with Crippen molar-refractivity contribution in [1.82, 2.24) is 19.6 Å². The number of aromatic nitrogens is 2. The van der Waals surface area contributed by atoms with Crippen molar-refractivity contribution in [2.24, 2.45) is 0 Å². The molecule has 0 aliphatic carbocycles. The molecule has 3 rings (SSSR count). The number of carbonyl (C=O) groups is 1. The molecule has 0 radical (unpaired) electrons. The molecule has 2 heterocycles. The Morgan fingerprint density at radius 2 is 2.04 bits per heavy atom. The molecule has 1 aromatic carbocycles. The molecule has 1 fully saturated rings. The summed E-state index contributed by atoms with van der Waals surface area (Å²) in [6.45, 7) is 5.07. The molecule has 1 amide bonds. The number of hydrogen-bond acceptors (Lipinski definition) is 5. The second-order valence-corrected chi connectivity index (χ2v) is 7.17. The Bertz CT molecular complexity index is 880. The lowest BCUT2D eigenvalue weighted by molar-refractivity contribution is -0.385. The number of amides is 1. The van der Waals surface area contributed by atoms with Crippen LogP contribution in [0.1, 0.15) is 17.7 Å². The quantitative estimate of drug-likeness (QED) is 0.541. The van der Waals surface area contributed by atoms with E-state index in [0.717, 1.165) is 5.56 Å². The van der Waals surface area contributed by atoms with Gasteiger partial charge in [0.1, 0.15) is 17.7 Å². The third kappa shape index (κ3) is 4.85. The molecule has 0 spiro atoms. The zero-order valence-electron chi connectivity index (χ0n) is 15.5. The number of aryl methyl sites for hydroxylation is 2. The molecule has 0 saturated carbocycles. The highest BCUT2D eigenvalue weighted by Gasteiger charge is 2.22. The van der Waals surface area contributed by atoms with Gasteiger partial charge in [-0.1, -0.05) is 17.7 Å². The molecule has 1 aliphatic heterocycles. The number of piperazine rings is 1. The van der Waals surface area contributed by atoms with Gasteiger partial charge in [-0.2, -0.15) is 5.10 Å². The number of hydrogen-bond donors (Lipinski definition) is 0. The van der Waals surface area contributed by atoms with E-state index in [1.807, 2.05) is 0 Å². The summed E-state index contributed by atoms with van der Waals surface area (Å²) in [4.78, 5) is 26.8. The van der Waals surface area contributed by atoms with Gasteiger partial charge in [0.05, 0.1) is 4.92 Å². The molecule has 0 unspecified atom stereocenters. The second-order valence-electron chi connectivity index (χ2n) is 6.76. The summed E-state index contributed by atoms with van der Waals surface area (Å²) in [5, 5.41) is 15.3. The van der Waals surface area contributed by atoms with Gasteiger partial charge in [-0.05, 0) is 24.6 Å². The fourth-order valence-electron chi connectivity index (χ4n) is 3.22. The third-order valence-corrected chi connectivity index (χ3v) is 5.16. The van der Waals surface area contributed by atoms with Crippen LogP contribution >= 0.6 is 11.6 Å². The molecule has 8 nitrogen and oxygen atoms in total. The Kier molecular flexibility index (Phi) is 6.25. The van der Waals surface area contributed by atoms with E-state index in [2.05, 4.69) is 10.00 Å². The van der Waals surface area contributed by atoms with Gasteiger partial charge in [-0.15, -0.1) is 0 Å². The van der Waals surface area contributed by atoms with Gasteiger partial charge in [-0.3, -0.25) is 24.5 Å². The maximum absolute atomic E-state index is 13.1. The number of carbonyl (C=O) groups excluding carboxylic acids is 1. The molecule has 1 aromatic heterocycles. The predicted octanol–water partition coefficient (Wildman–Crippen LogP) is 2.63. The fraction of sp³-hybridized carbons (Fsp3) is 0.444. The SMILES string of the molecule is Cc1nn(CCC(=O)N2CCN(Cc3ccc(F)cc3Cl)CC2)cc1[N+](=O)[O-]. The van der Waals surface area contributed by atoms with Crippen LogP contribution in [-0.2, 0) is 17.9 Å². The first-order valence-electron chi connectivity index (χ1n) is 8.96. The first kappa shape index (κ1) is 20.2. The molecular formula is C18H21ClFN5O3. The van der Waals surface area contributed by atoms with E-state index in [9.17, 15) is 19.3 Å². The lowest BCUT2D eigenvalue weighted by Crippen LogP contribution is -2.48. The van der Waals surface area contributed by atoms with E-state index < -0.39 is 4.92 Å². The first-order valence-corrected chi connectivity index (χ1v) is 9.34. The molecule has 1 saturated heterocycles. The average molecular weight is 410 g/mol. The largest absolute Gasteiger partial charge is 0.340 e. The highest BCUT2D eigenvalue weighted by Crippen LogP contribution is 2.20. The summed E-state index contributed by atoms with van der Waals surface area (Å²) in [7, 11) is 0. The summed E-state index contributed by atoms with van der Waals surface area (Å²) in [6.07, 6.45) is 1.59. The van der Waals surface area contributed by atoms with E-state index in [0.29, 0.717) is 50.0 Å². The third-order valence-electron chi connectivity index (χ3n) is 4.81. The van der Waals surface area contributed by atoms with Crippen LogP contribution in [0.4, 0.5) is 10.1 Å². The predicted molar refractivity (Wildman–Crippen MR) is 102 cm³/mol. The Hall–Kier alpha value is -2.52. The molecule has 150 valence electrons. The van der Waals surface area contributed by atoms with Crippen molar-refractivity contribution in [3.63, 3.8) is 0 Å². The highest BCUT2D eigenvalue weighted by molar-refractivity contribution is 6.31. The minimum atomic E-state index is -0.479. The Balaban J connectivity index is 1.47. The van der Waals surface area contributed by atoms with Crippen molar-refractivity contribution in [2.75, 3.05) is 26.2 Å². The van der Waals surface area contributed by atoms with Crippen molar-refractivity contribution >= 4 is 23.2 Å². The van der Waals surface area contributed by atoms with Crippen molar-refractivity contribution in [1.29, 1.82) is 0 Å². The smallest absolute Gasteiger partial charge is 0.309 e. The lowest BCUT2D eigenvalue weighted by Gasteiger charge is -2.35. The maximum atomic E-state index is 13.1. The van der Waals surface area contributed by atoms with Gasteiger partial charge in [0.2, 0.25) is 5.91 Å². The van der Waals surface area contributed by atoms with Gasteiger partial charge >= 0.3 is 5.69 Å². The standard InChI is InChI=1S/C18H21ClFN5O3/c1-13-17(25(27)28)12-24(21-13)5-4-18(26)23-8-6-22(7-9-23)11-14-2-3-15(20)10-16(14)19/h2-3,10,12H,4-9,11H2,1H3. The number of rotatable bonds is 6. The van der Waals surface area contributed by atoms with Crippen molar-refractivity contribution in [3.05, 3.63) is 56.6 Å². The minimum Gasteiger partial charge on any atom is -0.340 e. The molecule has 0 bridgehead atoms. The van der Waals surface area contributed by atoms with E-state index >= 15 is 0 Å². The molecule has 1 aliphatic rings. The topological polar surface area (TPSA) is 84.5 Å². The van der Waals surface area contributed by atoms with Gasteiger partial charge in [0, 0.05) is 50.7 Å². The van der Waals surface area contributed by atoms with Crippen LogP contribution in [-0.4, -0.2) is 56.6 Å². The zero-order chi connectivity index (χ0) is 20.3. The van der Waals surface area contributed by atoms with Gasteiger partial charge < -0.3 is 4.90 Å². The van der Waals surface area contributed by atoms with Crippen LogP contribution in [0.15, 0.2) is 24.4 Å².